The summed E-state index contributed by atoms with van der Waals surface area (Å²) in [6, 6.07) is 8.20. The van der Waals surface area contributed by atoms with Gasteiger partial charge in [-0.25, -0.2) is 4.98 Å². The molecule has 0 aliphatic carbocycles. The number of hydrogen-bond acceptors (Lipinski definition) is 5. The van der Waals surface area contributed by atoms with E-state index in [9.17, 15) is 4.79 Å². The highest BCUT2D eigenvalue weighted by Gasteiger charge is 2.25. The molecule has 7 heteroatoms. The van der Waals surface area contributed by atoms with Crippen LogP contribution in [0.15, 0.2) is 42.9 Å². The molecule has 1 aliphatic rings. The first kappa shape index (κ1) is 20.2. The van der Waals surface area contributed by atoms with Gasteiger partial charge in [0.25, 0.3) is 0 Å². The molecular weight excluding hydrogens is 378 g/mol. The predicted molar refractivity (Wildman–Crippen MR) is 118 cm³/mol. The smallest absolute Gasteiger partial charge is 0.224 e. The lowest BCUT2D eigenvalue weighted by Gasteiger charge is -2.35. The number of carbonyl (C=O) groups is 1. The number of nitrogens with zero attached hydrogens (tertiary/aromatic N) is 4. The Labute approximate surface area is 177 Å². The average molecular weight is 408 g/mol. The third kappa shape index (κ3) is 3.97. The molecule has 2 aromatic heterocycles. The lowest BCUT2D eigenvalue weighted by Crippen LogP contribution is -2.43. The van der Waals surface area contributed by atoms with Crippen molar-refractivity contribution in [2.24, 2.45) is 0 Å². The van der Waals surface area contributed by atoms with Gasteiger partial charge in [0.2, 0.25) is 5.91 Å². The largest absolute Gasteiger partial charge is 0.496 e. The molecule has 30 heavy (non-hydrogen) atoms. The van der Waals surface area contributed by atoms with Crippen LogP contribution in [0.4, 0.5) is 5.82 Å². The molecule has 0 radical (unpaired) electrons. The zero-order valence-corrected chi connectivity index (χ0v) is 17.7. The Kier molecular flexibility index (Phi) is 6.16. The number of anilines is 1. The Morgan fingerprint density at radius 2 is 2.17 bits per heavy atom. The quantitative estimate of drug-likeness (QED) is 0.641. The minimum Gasteiger partial charge on any atom is -0.496 e. The fourth-order valence-corrected chi connectivity index (χ4v) is 4.29. The van der Waals surface area contributed by atoms with E-state index in [-0.39, 0.29) is 5.91 Å². The summed E-state index contributed by atoms with van der Waals surface area (Å²) in [5, 5.41) is 3.46. The van der Waals surface area contributed by atoms with Gasteiger partial charge in [-0.05, 0) is 37.8 Å². The van der Waals surface area contributed by atoms with Crippen LogP contribution in [0, 0.1) is 0 Å². The summed E-state index contributed by atoms with van der Waals surface area (Å²) in [5.74, 6) is 1.82. The number of imidazole rings is 1. The van der Waals surface area contributed by atoms with Gasteiger partial charge in [-0.1, -0.05) is 19.1 Å². The van der Waals surface area contributed by atoms with Crippen LogP contribution in [0.5, 0.6) is 5.75 Å². The van der Waals surface area contributed by atoms with E-state index in [1.54, 1.807) is 19.5 Å². The van der Waals surface area contributed by atoms with Crippen molar-refractivity contribution in [2.45, 2.75) is 45.1 Å². The van der Waals surface area contributed by atoms with Gasteiger partial charge in [0.15, 0.2) is 5.65 Å². The number of amides is 1. The molecule has 0 spiro atoms. The van der Waals surface area contributed by atoms with Crippen molar-refractivity contribution in [3.05, 3.63) is 42.9 Å². The van der Waals surface area contributed by atoms with Gasteiger partial charge in [-0.3, -0.25) is 14.2 Å². The van der Waals surface area contributed by atoms with Crippen LogP contribution < -0.4 is 10.1 Å². The molecule has 158 valence electrons. The monoisotopic (exact) mass is 407 g/mol. The summed E-state index contributed by atoms with van der Waals surface area (Å²) in [5.41, 5.74) is 2.44. The maximum Gasteiger partial charge on any atom is 0.224 e. The maximum absolute atomic E-state index is 12.8. The van der Waals surface area contributed by atoms with Gasteiger partial charge in [0.1, 0.15) is 17.3 Å². The minimum absolute atomic E-state index is 0.225. The second-order valence-corrected chi connectivity index (χ2v) is 7.64. The zero-order valence-electron chi connectivity index (χ0n) is 17.7. The van der Waals surface area contributed by atoms with Crippen molar-refractivity contribution >= 4 is 17.4 Å². The van der Waals surface area contributed by atoms with Crippen molar-refractivity contribution in [1.29, 1.82) is 0 Å². The summed E-state index contributed by atoms with van der Waals surface area (Å²) in [4.78, 5) is 23.9. The van der Waals surface area contributed by atoms with Gasteiger partial charge in [0.05, 0.1) is 13.3 Å². The van der Waals surface area contributed by atoms with Crippen molar-refractivity contribution in [3.8, 4) is 17.0 Å². The Morgan fingerprint density at radius 1 is 1.30 bits per heavy atom. The van der Waals surface area contributed by atoms with Gasteiger partial charge in [-0.2, -0.15) is 0 Å². The zero-order chi connectivity index (χ0) is 20.9. The second kappa shape index (κ2) is 9.15. The van der Waals surface area contributed by atoms with Crippen molar-refractivity contribution in [3.63, 3.8) is 0 Å². The first-order chi connectivity index (χ1) is 14.7. The first-order valence-corrected chi connectivity index (χ1v) is 10.7. The summed E-state index contributed by atoms with van der Waals surface area (Å²) < 4.78 is 7.51. The highest BCUT2D eigenvalue weighted by molar-refractivity contribution is 5.81. The number of nitrogens with one attached hydrogen (secondary N) is 1. The molecule has 1 N–H and O–H groups in total. The lowest BCUT2D eigenvalue weighted by molar-refractivity contribution is -0.134. The molecule has 1 fully saturated rings. The number of ether oxygens (including phenoxy) is 1. The highest BCUT2D eigenvalue weighted by atomic mass is 16.5. The SMILES string of the molecule is CC[C@@H]1CCCCN1C(=O)CCNc1c(-c2ccccc2OC)nc2cnccn12. The number of likely N-dealkylation sites (tertiary alicyclic amines) is 1. The van der Waals surface area contributed by atoms with Crippen LogP contribution in [0.1, 0.15) is 39.0 Å². The molecule has 1 amide bonds. The topological polar surface area (TPSA) is 71.8 Å². The second-order valence-electron chi connectivity index (χ2n) is 7.64. The lowest BCUT2D eigenvalue weighted by atomic mass is 9.99. The molecule has 1 aromatic carbocycles. The Balaban J connectivity index is 1.56. The molecule has 0 saturated carbocycles. The summed E-state index contributed by atoms with van der Waals surface area (Å²) in [7, 11) is 1.66. The van der Waals surface area contributed by atoms with Crippen molar-refractivity contribution < 1.29 is 9.53 Å². The van der Waals surface area contributed by atoms with E-state index >= 15 is 0 Å². The standard InChI is InChI=1S/C23H29N5O2/c1-3-17-8-6-7-14-27(17)21(29)11-12-25-23-22(18-9-4-5-10-19(18)30-2)26-20-16-24-13-15-28(20)23/h4-5,9-10,13,15-17,25H,3,6-8,11-12,14H2,1-2H3/t17-/m1/s1. The van der Waals surface area contributed by atoms with Crippen LogP contribution in [-0.2, 0) is 4.79 Å². The van der Waals surface area contributed by atoms with Crippen LogP contribution in [0.25, 0.3) is 16.9 Å². The van der Waals surface area contributed by atoms with E-state index in [1.165, 1.54) is 6.42 Å². The van der Waals surface area contributed by atoms with Gasteiger partial charge in [-0.15, -0.1) is 0 Å². The Morgan fingerprint density at radius 3 is 3.00 bits per heavy atom. The third-order valence-corrected chi connectivity index (χ3v) is 5.84. The number of fused-ring (bicyclic) bond motifs is 1. The number of aromatic nitrogens is 3. The number of methoxy groups -OCH3 is 1. The Hall–Kier alpha value is -3.09. The number of carbonyl (C=O) groups excluding carboxylic acids is 1. The predicted octanol–water partition coefficient (Wildman–Crippen LogP) is 4.00. The molecule has 4 rings (SSSR count). The van der Waals surface area contributed by atoms with Gasteiger partial charge >= 0.3 is 0 Å². The molecular formula is C23H29N5O2. The summed E-state index contributed by atoms with van der Waals surface area (Å²) in [6.07, 6.45) is 10.3. The molecule has 1 saturated heterocycles. The first-order valence-electron chi connectivity index (χ1n) is 10.7. The van der Waals surface area contributed by atoms with Crippen LogP contribution in [0.3, 0.4) is 0 Å². The van der Waals surface area contributed by atoms with E-state index in [2.05, 4.69) is 22.1 Å². The third-order valence-electron chi connectivity index (χ3n) is 5.84. The summed E-state index contributed by atoms with van der Waals surface area (Å²) >= 11 is 0. The van der Waals surface area contributed by atoms with E-state index in [0.29, 0.717) is 19.0 Å². The van der Waals surface area contributed by atoms with E-state index in [0.717, 1.165) is 54.3 Å². The number of rotatable bonds is 7. The van der Waals surface area contributed by atoms with Crippen molar-refractivity contribution in [2.75, 3.05) is 25.5 Å². The fourth-order valence-electron chi connectivity index (χ4n) is 4.29. The molecule has 7 nitrogen and oxygen atoms in total. The molecule has 0 unspecified atom stereocenters. The molecule has 3 aromatic rings. The number of benzene rings is 1. The molecule has 1 aliphatic heterocycles. The van der Waals surface area contributed by atoms with E-state index in [1.807, 2.05) is 34.9 Å². The Bertz CT molecular complexity index is 1020. The van der Waals surface area contributed by atoms with Crippen molar-refractivity contribution in [1.82, 2.24) is 19.3 Å². The maximum atomic E-state index is 12.8. The molecule has 3 heterocycles. The van der Waals surface area contributed by atoms with Crippen LogP contribution >= 0.6 is 0 Å². The average Bonchev–Trinajstić information content (AvgIpc) is 3.17. The molecule has 0 bridgehead atoms. The molecule has 1 atom stereocenters. The number of piperidine rings is 1. The number of para-hydroxylation sites is 1. The van der Waals surface area contributed by atoms with Gasteiger partial charge < -0.3 is 15.0 Å². The summed E-state index contributed by atoms with van der Waals surface area (Å²) in [6.45, 7) is 3.59. The van der Waals surface area contributed by atoms with E-state index < -0.39 is 0 Å². The van der Waals surface area contributed by atoms with E-state index in [4.69, 9.17) is 9.72 Å². The normalized spacial score (nSPS) is 16.6. The fraction of sp³-hybridized carbons (Fsp3) is 0.435. The van der Waals surface area contributed by atoms with Gasteiger partial charge in [0, 0.05) is 43.5 Å². The minimum atomic E-state index is 0.225. The number of hydrogen-bond donors (Lipinski definition) is 1. The highest BCUT2D eigenvalue weighted by Crippen LogP contribution is 2.34. The van der Waals surface area contributed by atoms with Crippen LogP contribution in [-0.4, -0.2) is 51.4 Å². The van der Waals surface area contributed by atoms with Crippen LogP contribution in [0.2, 0.25) is 0 Å².